The number of hydrogen-bond acceptors (Lipinski definition) is 4. The lowest BCUT2D eigenvalue weighted by Gasteiger charge is -2.37. The van der Waals surface area contributed by atoms with Crippen molar-refractivity contribution in [3.8, 4) is 11.5 Å². The fraction of sp³-hybridized carbons (Fsp3) is 0.562. The van der Waals surface area contributed by atoms with E-state index < -0.39 is 0 Å². The molecule has 0 radical (unpaired) electrons. The van der Waals surface area contributed by atoms with E-state index in [0.29, 0.717) is 29.0 Å². The maximum absolute atomic E-state index is 12.9. The van der Waals surface area contributed by atoms with Crippen LogP contribution in [0, 0.1) is 5.92 Å². The van der Waals surface area contributed by atoms with Crippen molar-refractivity contribution in [1.82, 2.24) is 10.2 Å². The van der Waals surface area contributed by atoms with Gasteiger partial charge in [-0.15, -0.1) is 0 Å². The van der Waals surface area contributed by atoms with Crippen LogP contribution in [-0.2, 0) is 0 Å². The van der Waals surface area contributed by atoms with Gasteiger partial charge < -0.3 is 19.7 Å². The second-order valence-corrected chi connectivity index (χ2v) is 5.69. The Kier molecular flexibility index (Phi) is 4.01. The highest BCUT2D eigenvalue weighted by molar-refractivity contribution is 5.97. The van der Waals surface area contributed by atoms with Gasteiger partial charge in [-0.25, -0.2) is 0 Å². The molecule has 0 aromatic heterocycles. The Morgan fingerprint density at radius 3 is 2.90 bits per heavy atom. The normalized spacial score (nSPS) is 24.6. The highest BCUT2D eigenvalue weighted by Gasteiger charge is 2.38. The van der Waals surface area contributed by atoms with Gasteiger partial charge in [0.25, 0.3) is 5.91 Å². The minimum atomic E-state index is 0.0629. The van der Waals surface area contributed by atoms with Gasteiger partial charge in [0.2, 0.25) is 0 Å². The van der Waals surface area contributed by atoms with Gasteiger partial charge in [-0.1, -0.05) is 0 Å². The highest BCUT2D eigenvalue weighted by atomic mass is 16.5. The molecule has 3 rings (SSSR count). The van der Waals surface area contributed by atoms with Gasteiger partial charge in [0.05, 0.1) is 19.8 Å². The number of benzene rings is 1. The summed E-state index contributed by atoms with van der Waals surface area (Å²) in [5.74, 6) is 1.93. The molecule has 2 aliphatic heterocycles. The molecule has 0 bridgehead atoms. The molecular weight excluding hydrogens is 268 g/mol. The predicted molar refractivity (Wildman–Crippen MR) is 80.0 cm³/mol. The largest absolute Gasteiger partial charge is 0.497 e. The zero-order valence-corrected chi connectivity index (χ0v) is 12.6. The standard InChI is InChI=1S/C16H22N2O3/c1-20-12-5-6-13(15(8-12)21-2)16(19)18-7-3-4-11-9-17-10-14(11)18/h5-6,8,11,14,17H,3-4,7,9-10H2,1-2H3. The van der Waals surface area contributed by atoms with Crippen molar-refractivity contribution >= 4 is 5.91 Å². The Bertz CT molecular complexity index is 532. The van der Waals surface area contributed by atoms with E-state index in [2.05, 4.69) is 5.32 Å². The van der Waals surface area contributed by atoms with Crippen molar-refractivity contribution < 1.29 is 14.3 Å². The van der Waals surface area contributed by atoms with E-state index in [1.165, 1.54) is 6.42 Å². The van der Waals surface area contributed by atoms with E-state index in [0.717, 1.165) is 26.1 Å². The van der Waals surface area contributed by atoms with E-state index in [4.69, 9.17) is 9.47 Å². The molecule has 5 nitrogen and oxygen atoms in total. The van der Waals surface area contributed by atoms with Crippen molar-refractivity contribution in [2.24, 2.45) is 5.92 Å². The van der Waals surface area contributed by atoms with Crippen LogP contribution in [0.15, 0.2) is 18.2 Å². The third kappa shape index (κ3) is 2.58. The van der Waals surface area contributed by atoms with Crippen LogP contribution >= 0.6 is 0 Å². The lowest BCUT2D eigenvalue weighted by atomic mass is 9.91. The Morgan fingerprint density at radius 2 is 2.14 bits per heavy atom. The highest BCUT2D eigenvalue weighted by Crippen LogP contribution is 2.31. The molecular formula is C16H22N2O3. The van der Waals surface area contributed by atoms with Crippen molar-refractivity contribution in [1.29, 1.82) is 0 Å². The Hall–Kier alpha value is -1.75. The molecule has 21 heavy (non-hydrogen) atoms. The number of methoxy groups -OCH3 is 2. The number of fused-ring (bicyclic) bond motifs is 1. The first kappa shape index (κ1) is 14.2. The first-order valence-electron chi connectivity index (χ1n) is 7.48. The first-order chi connectivity index (χ1) is 10.2. The molecule has 2 saturated heterocycles. The number of likely N-dealkylation sites (tertiary alicyclic amines) is 1. The van der Waals surface area contributed by atoms with Crippen molar-refractivity contribution in [3.63, 3.8) is 0 Å². The molecule has 2 atom stereocenters. The summed E-state index contributed by atoms with van der Waals surface area (Å²) in [7, 11) is 3.19. The maximum Gasteiger partial charge on any atom is 0.257 e. The zero-order valence-electron chi connectivity index (χ0n) is 12.6. The molecule has 2 fully saturated rings. The number of ether oxygens (including phenoxy) is 2. The molecule has 0 aliphatic carbocycles. The Morgan fingerprint density at radius 1 is 1.29 bits per heavy atom. The summed E-state index contributed by atoms with van der Waals surface area (Å²) in [4.78, 5) is 14.9. The fourth-order valence-corrected chi connectivity index (χ4v) is 3.45. The number of piperidine rings is 1. The van der Waals surface area contributed by atoms with E-state index >= 15 is 0 Å². The first-order valence-corrected chi connectivity index (χ1v) is 7.48. The maximum atomic E-state index is 12.9. The van der Waals surface area contributed by atoms with Crippen LogP contribution in [0.4, 0.5) is 0 Å². The van der Waals surface area contributed by atoms with Crippen LogP contribution in [0.25, 0.3) is 0 Å². The summed E-state index contributed by atoms with van der Waals surface area (Å²) < 4.78 is 10.6. The molecule has 1 N–H and O–H groups in total. The number of rotatable bonds is 3. The third-order valence-corrected chi connectivity index (χ3v) is 4.58. The number of carbonyl (C=O) groups is 1. The number of carbonyl (C=O) groups excluding carboxylic acids is 1. The molecule has 0 saturated carbocycles. The van der Waals surface area contributed by atoms with Crippen LogP contribution in [-0.4, -0.2) is 50.7 Å². The SMILES string of the molecule is COc1ccc(C(=O)N2CCCC3CNCC32)c(OC)c1. The van der Waals surface area contributed by atoms with Crippen molar-refractivity contribution in [2.75, 3.05) is 33.9 Å². The van der Waals surface area contributed by atoms with Gasteiger partial charge in [-0.05, 0) is 30.9 Å². The second kappa shape index (κ2) is 5.93. The number of nitrogens with one attached hydrogen (secondary N) is 1. The van der Waals surface area contributed by atoms with Crippen LogP contribution < -0.4 is 14.8 Å². The van der Waals surface area contributed by atoms with Crippen LogP contribution in [0.1, 0.15) is 23.2 Å². The van der Waals surface area contributed by atoms with Crippen molar-refractivity contribution in [2.45, 2.75) is 18.9 Å². The van der Waals surface area contributed by atoms with E-state index in [1.807, 2.05) is 11.0 Å². The molecule has 2 unspecified atom stereocenters. The molecule has 1 aromatic carbocycles. The summed E-state index contributed by atoms with van der Waals surface area (Å²) in [6, 6.07) is 5.69. The van der Waals surface area contributed by atoms with Gasteiger partial charge in [0.15, 0.2) is 0 Å². The second-order valence-electron chi connectivity index (χ2n) is 5.69. The summed E-state index contributed by atoms with van der Waals surface area (Å²) in [5.41, 5.74) is 0.617. The van der Waals surface area contributed by atoms with Crippen LogP contribution in [0.5, 0.6) is 11.5 Å². The topological polar surface area (TPSA) is 50.8 Å². The number of amides is 1. The summed E-state index contributed by atoms with van der Waals surface area (Å²) >= 11 is 0. The molecule has 5 heteroatoms. The van der Waals surface area contributed by atoms with E-state index in [-0.39, 0.29) is 5.91 Å². The third-order valence-electron chi connectivity index (χ3n) is 4.58. The minimum Gasteiger partial charge on any atom is -0.497 e. The van der Waals surface area contributed by atoms with Gasteiger partial charge in [0, 0.05) is 31.7 Å². The summed E-state index contributed by atoms with van der Waals surface area (Å²) in [5, 5.41) is 3.40. The molecule has 1 aromatic rings. The molecule has 0 spiro atoms. The monoisotopic (exact) mass is 290 g/mol. The summed E-state index contributed by atoms with van der Waals surface area (Å²) in [6.45, 7) is 2.75. The number of hydrogen-bond donors (Lipinski definition) is 1. The summed E-state index contributed by atoms with van der Waals surface area (Å²) in [6.07, 6.45) is 2.29. The predicted octanol–water partition coefficient (Wildman–Crippen LogP) is 1.53. The average Bonchev–Trinajstić information content (AvgIpc) is 3.02. The van der Waals surface area contributed by atoms with E-state index in [9.17, 15) is 4.79 Å². The molecule has 2 aliphatic rings. The van der Waals surface area contributed by atoms with Gasteiger partial charge >= 0.3 is 0 Å². The number of nitrogens with zero attached hydrogens (tertiary/aromatic N) is 1. The Balaban J connectivity index is 1.87. The quantitative estimate of drug-likeness (QED) is 0.917. The molecule has 114 valence electrons. The molecule has 2 heterocycles. The Labute approximate surface area is 125 Å². The lowest BCUT2D eigenvalue weighted by Crippen LogP contribution is -2.48. The lowest BCUT2D eigenvalue weighted by molar-refractivity contribution is 0.0571. The fourth-order valence-electron chi connectivity index (χ4n) is 3.45. The van der Waals surface area contributed by atoms with Crippen LogP contribution in [0.2, 0.25) is 0 Å². The van der Waals surface area contributed by atoms with Gasteiger partial charge in [-0.2, -0.15) is 0 Å². The van der Waals surface area contributed by atoms with Crippen LogP contribution in [0.3, 0.4) is 0 Å². The minimum absolute atomic E-state index is 0.0629. The zero-order chi connectivity index (χ0) is 14.8. The van der Waals surface area contributed by atoms with Crippen molar-refractivity contribution in [3.05, 3.63) is 23.8 Å². The average molecular weight is 290 g/mol. The molecule has 1 amide bonds. The smallest absolute Gasteiger partial charge is 0.257 e. The van der Waals surface area contributed by atoms with Gasteiger partial charge in [0.1, 0.15) is 11.5 Å². The van der Waals surface area contributed by atoms with E-state index in [1.54, 1.807) is 26.4 Å². The van der Waals surface area contributed by atoms with Gasteiger partial charge in [-0.3, -0.25) is 4.79 Å².